The Morgan fingerprint density at radius 3 is 2.50 bits per heavy atom. The highest BCUT2D eigenvalue weighted by Crippen LogP contribution is 2.33. The number of rotatable bonds is 6. The second-order valence-corrected chi connectivity index (χ2v) is 6.15. The Balaban J connectivity index is 3.00. The minimum atomic E-state index is -0.908. The SMILES string of the molecule is CCCC(CC)C(=O)Sc1cc(C(=O)Cl)c(F)cc1Cl. The van der Waals surface area contributed by atoms with Gasteiger partial charge in [0.2, 0.25) is 0 Å². The average Bonchev–Trinajstić information content (AvgIpc) is 2.38. The minimum Gasteiger partial charge on any atom is -0.287 e. The zero-order chi connectivity index (χ0) is 15.3. The van der Waals surface area contributed by atoms with Crippen LogP contribution in [0.25, 0.3) is 0 Å². The molecule has 0 fully saturated rings. The first-order chi connectivity index (χ1) is 9.40. The van der Waals surface area contributed by atoms with Crippen LogP contribution in [-0.4, -0.2) is 10.4 Å². The fraction of sp³-hybridized carbons (Fsp3) is 0.429. The third-order valence-corrected chi connectivity index (χ3v) is 4.63. The molecule has 0 aliphatic heterocycles. The molecule has 0 amide bonds. The fourth-order valence-corrected chi connectivity index (χ4v) is 3.20. The summed E-state index contributed by atoms with van der Waals surface area (Å²) in [5, 5.41) is -0.834. The van der Waals surface area contributed by atoms with Crippen molar-refractivity contribution < 1.29 is 14.0 Å². The molecule has 1 aromatic rings. The summed E-state index contributed by atoms with van der Waals surface area (Å²) < 4.78 is 13.5. The van der Waals surface area contributed by atoms with Crippen LogP contribution < -0.4 is 0 Å². The maximum Gasteiger partial charge on any atom is 0.255 e. The van der Waals surface area contributed by atoms with Gasteiger partial charge in [-0.25, -0.2) is 4.39 Å². The molecule has 1 unspecified atom stereocenters. The van der Waals surface area contributed by atoms with Gasteiger partial charge in [-0.2, -0.15) is 0 Å². The van der Waals surface area contributed by atoms with Crippen LogP contribution in [0.2, 0.25) is 5.02 Å². The quantitative estimate of drug-likeness (QED) is 0.521. The van der Waals surface area contributed by atoms with Gasteiger partial charge >= 0.3 is 0 Å². The van der Waals surface area contributed by atoms with E-state index in [-0.39, 0.29) is 21.6 Å². The summed E-state index contributed by atoms with van der Waals surface area (Å²) in [6.07, 6.45) is 2.44. The molecule has 0 radical (unpaired) electrons. The first-order valence-electron chi connectivity index (χ1n) is 6.31. The van der Waals surface area contributed by atoms with E-state index in [0.717, 1.165) is 37.1 Å². The molecule has 0 N–H and O–H groups in total. The number of thioether (sulfide) groups is 1. The molecule has 0 bridgehead atoms. The number of hydrogen-bond donors (Lipinski definition) is 0. The maximum atomic E-state index is 13.5. The molecule has 1 atom stereocenters. The molecule has 1 aromatic carbocycles. The summed E-state index contributed by atoms with van der Waals surface area (Å²) in [5.74, 6) is -0.853. The molecule has 20 heavy (non-hydrogen) atoms. The van der Waals surface area contributed by atoms with E-state index in [1.807, 2.05) is 13.8 Å². The van der Waals surface area contributed by atoms with E-state index in [1.165, 1.54) is 6.07 Å². The van der Waals surface area contributed by atoms with Crippen LogP contribution in [0.1, 0.15) is 43.5 Å². The molecular formula is C14H15Cl2FO2S. The van der Waals surface area contributed by atoms with Gasteiger partial charge in [0.1, 0.15) is 5.82 Å². The van der Waals surface area contributed by atoms with Gasteiger partial charge in [-0.3, -0.25) is 9.59 Å². The lowest BCUT2D eigenvalue weighted by atomic mass is 10.0. The molecule has 1 rings (SSSR count). The molecular weight excluding hydrogens is 322 g/mol. The van der Waals surface area contributed by atoms with E-state index < -0.39 is 11.1 Å². The van der Waals surface area contributed by atoms with Crippen molar-refractivity contribution in [2.75, 3.05) is 0 Å². The molecule has 110 valence electrons. The van der Waals surface area contributed by atoms with Crippen LogP contribution in [0.3, 0.4) is 0 Å². The lowest BCUT2D eigenvalue weighted by molar-refractivity contribution is -0.114. The van der Waals surface area contributed by atoms with Crippen molar-refractivity contribution >= 4 is 45.3 Å². The number of benzene rings is 1. The van der Waals surface area contributed by atoms with Crippen LogP contribution in [0, 0.1) is 11.7 Å². The van der Waals surface area contributed by atoms with Crippen molar-refractivity contribution in [3.8, 4) is 0 Å². The predicted octanol–water partition coefficient (Wildman–Crippen LogP) is 5.30. The third kappa shape index (κ3) is 4.47. The second kappa shape index (κ2) is 8.01. The summed E-state index contributed by atoms with van der Waals surface area (Å²) >= 11 is 12.1. The van der Waals surface area contributed by atoms with Crippen molar-refractivity contribution in [1.29, 1.82) is 0 Å². The Morgan fingerprint density at radius 2 is 2.00 bits per heavy atom. The Labute approximate surface area is 132 Å². The van der Waals surface area contributed by atoms with Gasteiger partial charge in [0.25, 0.3) is 5.24 Å². The Hall–Kier alpha value is -0.580. The fourth-order valence-electron chi connectivity index (χ4n) is 1.79. The first-order valence-corrected chi connectivity index (χ1v) is 7.88. The van der Waals surface area contributed by atoms with Crippen molar-refractivity contribution in [3.63, 3.8) is 0 Å². The van der Waals surface area contributed by atoms with Crippen LogP contribution in [0.15, 0.2) is 17.0 Å². The number of carbonyl (C=O) groups is 2. The lowest BCUT2D eigenvalue weighted by Gasteiger charge is -2.13. The van der Waals surface area contributed by atoms with Gasteiger partial charge in [0.05, 0.1) is 10.6 Å². The number of carbonyl (C=O) groups excluding carboxylic acids is 2. The second-order valence-electron chi connectivity index (χ2n) is 4.35. The van der Waals surface area contributed by atoms with Crippen molar-refractivity contribution in [1.82, 2.24) is 0 Å². The topological polar surface area (TPSA) is 34.1 Å². The average molecular weight is 337 g/mol. The Kier molecular flexibility index (Phi) is 7.00. The highest BCUT2D eigenvalue weighted by molar-refractivity contribution is 8.13. The van der Waals surface area contributed by atoms with Gasteiger partial charge in [0.15, 0.2) is 5.12 Å². The van der Waals surface area contributed by atoms with Crippen LogP contribution in [0.4, 0.5) is 4.39 Å². The molecule has 0 aromatic heterocycles. The molecule has 0 aliphatic carbocycles. The van der Waals surface area contributed by atoms with Gasteiger partial charge in [-0.15, -0.1) is 0 Å². The van der Waals surface area contributed by atoms with E-state index >= 15 is 0 Å². The standard InChI is InChI=1S/C14H15Cl2FO2S/c1-3-5-8(4-2)14(19)20-12-6-9(13(16)18)11(17)7-10(12)15/h6-8H,3-5H2,1-2H3. The zero-order valence-corrected chi connectivity index (χ0v) is 13.5. The summed E-state index contributed by atoms with van der Waals surface area (Å²) in [5.41, 5.74) is -0.269. The molecule has 0 saturated heterocycles. The number of hydrogen-bond acceptors (Lipinski definition) is 3. The molecule has 0 heterocycles. The minimum absolute atomic E-state index is 0.0316. The van der Waals surface area contributed by atoms with E-state index in [2.05, 4.69) is 0 Å². The van der Waals surface area contributed by atoms with E-state index in [4.69, 9.17) is 23.2 Å². The zero-order valence-electron chi connectivity index (χ0n) is 11.2. The predicted molar refractivity (Wildman–Crippen MR) is 81.1 cm³/mol. The summed E-state index contributed by atoms with van der Waals surface area (Å²) in [6.45, 7) is 3.95. The van der Waals surface area contributed by atoms with Crippen molar-refractivity contribution in [2.24, 2.45) is 5.92 Å². The van der Waals surface area contributed by atoms with Gasteiger partial charge in [0, 0.05) is 10.8 Å². The third-order valence-electron chi connectivity index (χ3n) is 2.91. The summed E-state index contributed by atoms with van der Waals surface area (Å²) in [4.78, 5) is 23.6. The van der Waals surface area contributed by atoms with E-state index in [1.54, 1.807) is 0 Å². The molecule has 0 spiro atoms. The maximum absolute atomic E-state index is 13.5. The summed E-state index contributed by atoms with van der Waals surface area (Å²) in [7, 11) is 0. The van der Waals surface area contributed by atoms with Crippen molar-refractivity contribution in [2.45, 2.75) is 38.0 Å². The monoisotopic (exact) mass is 336 g/mol. The van der Waals surface area contributed by atoms with Crippen LogP contribution in [-0.2, 0) is 4.79 Å². The largest absolute Gasteiger partial charge is 0.287 e. The van der Waals surface area contributed by atoms with Crippen LogP contribution in [0.5, 0.6) is 0 Å². The molecule has 2 nitrogen and oxygen atoms in total. The molecule has 6 heteroatoms. The highest BCUT2D eigenvalue weighted by Gasteiger charge is 2.20. The number of halogens is 3. The smallest absolute Gasteiger partial charge is 0.255 e. The van der Waals surface area contributed by atoms with Crippen molar-refractivity contribution in [3.05, 3.63) is 28.5 Å². The molecule has 0 saturated carbocycles. The molecule has 0 aliphatic rings. The van der Waals surface area contributed by atoms with E-state index in [9.17, 15) is 14.0 Å². The van der Waals surface area contributed by atoms with Gasteiger partial charge < -0.3 is 0 Å². The van der Waals surface area contributed by atoms with Crippen LogP contribution >= 0.6 is 35.0 Å². The van der Waals surface area contributed by atoms with E-state index in [0.29, 0.717) is 4.90 Å². The van der Waals surface area contributed by atoms with Gasteiger partial charge in [-0.1, -0.05) is 43.6 Å². The highest BCUT2D eigenvalue weighted by atomic mass is 35.5. The lowest BCUT2D eigenvalue weighted by Crippen LogP contribution is -2.09. The first kappa shape index (κ1) is 17.5. The summed E-state index contributed by atoms with van der Waals surface area (Å²) in [6, 6.07) is 2.24. The Bertz CT molecular complexity index is 520. The Morgan fingerprint density at radius 1 is 1.35 bits per heavy atom. The normalized spacial score (nSPS) is 12.2. The van der Waals surface area contributed by atoms with Gasteiger partial charge in [-0.05, 0) is 36.6 Å².